The number of nitrogens with one attached hydrogen (secondary N) is 3. The van der Waals surface area contributed by atoms with Gasteiger partial charge in [0.15, 0.2) is 0 Å². The number of aromatic amines is 1. The molecule has 10 heteroatoms. The number of nitrogens with zero attached hydrogens (tertiary/aromatic N) is 2. The summed E-state index contributed by atoms with van der Waals surface area (Å²) in [7, 11) is 0. The number of hydrogen-bond donors (Lipinski definition) is 4. The van der Waals surface area contributed by atoms with Gasteiger partial charge in [-0.2, -0.15) is 4.98 Å². The van der Waals surface area contributed by atoms with Crippen LogP contribution in [-0.2, 0) is 9.53 Å². The molecule has 108 valence electrons. The summed E-state index contributed by atoms with van der Waals surface area (Å²) >= 11 is 1.25. The van der Waals surface area contributed by atoms with Crippen LogP contribution in [0.2, 0.25) is 0 Å². The van der Waals surface area contributed by atoms with Gasteiger partial charge in [-0.05, 0) is 6.92 Å². The summed E-state index contributed by atoms with van der Waals surface area (Å²) in [5.41, 5.74) is 6.29. The lowest BCUT2D eigenvalue weighted by Gasteiger charge is -2.20. The molecule has 1 aromatic heterocycles. The van der Waals surface area contributed by atoms with E-state index in [9.17, 15) is 9.59 Å². The van der Waals surface area contributed by atoms with Crippen LogP contribution in [0.25, 0.3) is 0 Å². The standard InChI is InChI=1S/C10H14N6O3S/c1-2-19-7(17)5-3-12-9(18)13-6(5)4-20-10-14-8(11)15-16-10/h2-4H2,1H3,(H2,12,13,18)(H3,11,14,15,16). The first-order valence-corrected chi connectivity index (χ1v) is 6.83. The van der Waals surface area contributed by atoms with E-state index in [0.717, 1.165) is 0 Å². The van der Waals surface area contributed by atoms with Crippen molar-refractivity contribution in [3.63, 3.8) is 0 Å². The van der Waals surface area contributed by atoms with E-state index >= 15 is 0 Å². The largest absolute Gasteiger partial charge is 0.463 e. The monoisotopic (exact) mass is 298 g/mol. The number of H-pyrrole nitrogens is 1. The van der Waals surface area contributed by atoms with Crippen LogP contribution in [0.3, 0.4) is 0 Å². The number of esters is 1. The molecule has 1 aliphatic heterocycles. The van der Waals surface area contributed by atoms with Crippen LogP contribution in [0.4, 0.5) is 10.7 Å². The number of nitrogens with two attached hydrogens (primary N) is 1. The van der Waals surface area contributed by atoms with Crippen molar-refractivity contribution < 1.29 is 14.3 Å². The smallest absolute Gasteiger partial charge is 0.337 e. The molecule has 0 saturated carbocycles. The summed E-state index contributed by atoms with van der Waals surface area (Å²) in [6, 6.07) is -0.358. The number of nitrogen functional groups attached to an aromatic ring is 1. The Bertz CT molecular complexity index is 555. The van der Waals surface area contributed by atoms with Crippen molar-refractivity contribution in [3.8, 4) is 0 Å². The molecule has 0 fully saturated rings. The molecule has 5 N–H and O–H groups in total. The lowest BCUT2D eigenvalue weighted by atomic mass is 10.2. The second-order valence-corrected chi connectivity index (χ2v) is 4.72. The minimum absolute atomic E-state index is 0.136. The number of rotatable bonds is 5. The fourth-order valence-corrected chi connectivity index (χ4v) is 2.32. The number of ether oxygens (including phenoxy) is 1. The first-order valence-electron chi connectivity index (χ1n) is 5.84. The van der Waals surface area contributed by atoms with E-state index in [1.165, 1.54) is 11.8 Å². The van der Waals surface area contributed by atoms with Gasteiger partial charge >= 0.3 is 12.0 Å². The summed E-state index contributed by atoms with van der Waals surface area (Å²) in [4.78, 5) is 27.1. The fourth-order valence-electron chi connectivity index (χ4n) is 1.53. The van der Waals surface area contributed by atoms with Crippen LogP contribution in [0.1, 0.15) is 6.92 Å². The maximum absolute atomic E-state index is 11.8. The number of anilines is 1. The molecule has 20 heavy (non-hydrogen) atoms. The second kappa shape index (κ2) is 6.28. The summed E-state index contributed by atoms with van der Waals surface area (Å²) in [5.74, 6) is 0.0883. The highest BCUT2D eigenvalue weighted by Crippen LogP contribution is 2.19. The van der Waals surface area contributed by atoms with Crippen molar-refractivity contribution in [1.82, 2.24) is 25.8 Å². The molecule has 0 aromatic carbocycles. The Balaban J connectivity index is 2.10. The molecule has 0 spiro atoms. The molecule has 0 radical (unpaired) electrons. The second-order valence-electron chi connectivity index (χ2n) is 3.78. The maximum Gasteiger partial charge on any atom is 0.337 e. The molecular formula is C10H14N6O3S. The summed E-state index contributed by atoms with van der Waals surface area (Å²) < 4.78 is 4.95. The zero-order chi connectivity index (χ0) is 14.5. The van der Waals surface area contributed by atoms with Gasteiger partial charge in [-0.1, -0.05) is 11.8 Å². The highest BCUT2D eigenvalue weighted by molar-refractivity contribution is 7.99. The van der Waals surface area contributed by atoms with Crippen LogP contribution in [0.15, 0.2) is 16.4 Å². The SMILES string of the molecule is CCOC(=O)C1=C(CSc2n[nH]c(N)n2)NC(=O)NC1. The Kier molecular flexibility index (Phi) is 4.45. The average Bonchev–Trinajstić information content (AvgIpc) is 2.82. The lowest BCUT2D eigenvalue weighted by Crippen LogP contribution is -2.44. The summed E-state index contributed by atoms with van der Waals surface area (Å²) in [5, 5.41) is 11.9. The van der Waals surface area contributed by atoms with Gasteiger partial charge in [0.25, 0.3) is 0 Å². The molecule has 0 unspecified atom stereocenters. The zero-order valence-corrected chi connectivity index (χ0v) is 11.5. The molecule has 0 saturated heterocycles. The van der Waals surface area contributed by atoms with Gasteiger partial charge in [0, 0.05) is 11.4 Å². The Hall–Kier alpha value is -2.23. The minimum Gasteiger partial charge on any atom is -0.463 e. The van der Waals surface area contributed by atoms with E-state index in [1.807, 2.05) is 0 Å². The summed E-state index contributed by atoms with van der Waals surface area (Å²) in [6.07, 6.45) is 0. The van der Waals surface area contributed by atoms with Crippen LogP contribution in [-0.4, -0.2) is 46.1 Å². The van der Waals surface area contributed by atoms with E-state index in [2.05, 4.69) is 25.8 Å². The molecule has 0 aliphatic carbocycles. The van der Waals surface area contributed by atoms with Crippen molar-refractivity contribution in [1.29, 1.82) is 0 Å². The van der Waals surface area contributed by atoms with Crippen LogP contribution in [0.5, 0.6) is 0 Å². The number of carbonyl (C=O) groups excluding carboxylic acids is 2. The van der Waals surface area contributed by atoms with Gasteiger partial charge in [-0.25, -0.2) is 14.7 Å². The number of aromatic nitrogens is 3. The van der Waals surface area contributed by atoms with Gasteiger partial charge in [-0.15, -0.1) is 5.10 Å². The van der Waals surface area contributed by atoms with Gasteiger partial charge in [0.1, 0.15) is 0 Å². The highest BCUT2D eigenvalue weighted by atomic mass is 32.2. The topological polar surface area (TPSA) is 135 Å². The molecule has 2 rings (SSSR count). The summed E-state index contributed by atoms with van der Waals surface area (Å²) in [6.45, 7) is 2.13. The number of amides is 2. The predicted molar refractivity (Wildman–Crippen MR) is 71.7 cm³/mol. The Labute approximate surface area is 118 Å². The quantitative estimate of drug-likeness (QED) is 0.429. The van der Waals surface area contributed by atoms with Gasteiger partial charge in [0.2, 0.25) is 11.1 Å². The zero-order valence-electron chi connectivity index (χ0n) is 10.7. The van der Waals surface area contributed by atoms with Crippen molar-refractivity contribution in [2.24, 2.45) is 0 Å². The van der Waals surface area contributed by atoms with Crippen LogP contribution < -0.4 is 16.4 Å². The van der Waals surface area contributed by atoms with Gasteiger partial charge in [0.05, 0.1) is 18.7 Å². The first kappa shape index (κ1) is 14.2. The molecule has 2 heterocycles. The third-order valence-electron chi connectivity index (χ3n) is 2.40. The molecule has 9 nitrogen and oxygen atoms in total. The van der Waals surface area contributed by atoms with Gasteiger partial charge in [-0.3, -0.25) is 0 Å². The minimum atomic E-state index is -0.454. The van der Waals surface area contributed by atoms with Crippen LogP contribution >= 0.6 is 11.8 Å². The third kappa shape index (κ3) is 3.41. The van der Waals surface area contributed by atoms with Crippen molar-refractivity contribution in [3.05, 3.63) is 11.3 Å². The Morgan fingerprint density at radius 2 is 2.35 bits per heavy atom. The number of hydrogen-bond acceptors (Lipinski definition) is 7. The van der Waals surface area contributed by atoms with Crippen molar-refractivity contribution >= 4 is 29.7 Å². The highest BCUT2D eigenvalue weighted by Gasteiger charge is 2.23. The number of carbonyl (C=O) groups is 2. The van der Waals surface area contributed by atoms with E-state index in [-0.39, 0.29) is 25.1 Å². The van der Waals surface area contributed by atoms with Crippen molar-refractivity contribution in [2.75, 3.05) is 24.6 Å². The van der Waals surface area contributed by atoms with E-state index < -0.39 is 5.97 Å². The average molecular weight is 298 g/mol. The predicted octanol–water partition coefficient (Wildman–Crippen LogP) is -0.391. The maximum atomic E-state index is 11.8. The molecule has 0 atom stereocenters. The molecule has 2 amide bonds. The first-order chi connectivity index (χ1) is 9.60. The van der Waals surface area contributed by atoms with E-state index in [4.69, 9.17) is 10.5 Å². The third-order valence-corrected chi connectivity index (χ3v) is 3.28. The van der Waals surface area contributed by atoms with Crippen LogP contribution in [0, 0.1) is 0 Å². The Morgan fingerprint density at radius 3 is 3.00 bits per heavy atom. The van der Waals surface area contributed by atoms with Crippen molar-refractivity contribution in [2.45, 2.75) is 12.1 Å². The molecular weight excluding hydrogens is 284 g/mol. The number of thioether (sulfide) groups is 1. The molecule has 1 aliphatic rings. The fraction of sp³-hybridized carbons (Fsp3) is 0.400. The number of urea groups is 1. The molecule has 1 aromatic rings. The van der Waals surface area contributed by atoms with Gasteiger partial charge < -0.3 is 21.1 Å². The van der Waals surface area contributed by atoms with E-state index in [1.54, 1.807) is 6.92 Å². The Morgan fingerprint density at radius 1 is 1.55 bits per heavy atom. The lowest BCUT2D eigenvalue weighted by molar-refractivity contribution is -0.138. The normalized spacial score (nSPS) is 14.8. The van der Waals surface area contributed by atoms with E-state index in [0.29, 0.717) is 22.2 Å². The molecule has 0 bridgehead atoms.